The highest BCUT2D eigenvalue weighted by Gasteiger charge is 2.59. The summed E-state index contributed by atoms with van der Waals surface area (Å²) >= 11 is 0. The lowest BCUT2D eigenvalue weighted by Crippen LogP contribution is -2.51. The molecule has 4 nitrogen and oxygen atoms in total. The fraction of sp³-hybridized carbons (Fsp3) is 0.852. The van der Waals surface area contributed by atoms with Crippen LogP contribution in [0, 0.1) is 40.4 Å². The molecule has 0 radical (unpaired) electrons. The van der Waals surface area contributed by atoms with Crippen molar-refractivity contribution in [2.45, 2.75) is 98.0 Å². The summed E-state index contributed by atoms with van der Waals surface area (Å²) in [5, 5.41) is 0. The van der Waals surface area contributed by atoms with Crippen LogP contribution in [0.25, 0.3) is 0 Å². The normalized spacial score (nSPS) is 42.5. The number of ether oxygens (including phenoxy) is 2. The smallest absolute Gasteiger partial charge is 0.305 e. The first-order chi connectivity index (χ1) is 14.7. The van der Waals surface area contributed by atoms with E-state index in [0.29, 0.717) is 17.8 Å². The summed E-state index contributed by atoms with van der Waals surface area (Å²) in [6, 6.07) is 0. The van der Waals surface area contributed by atoms with Crippen LogP contribution in [-0.4, -0.2) is 25.2 Å². The van der Waals surface area contributed by atoms with E-state index in [1.165, 1.54) is 46.1 Å². The zero-order chi connectivity index (χ0) is 22.4. The summed E-state index contributed by atoms with van der Waals surface area (Å²) in [5.74, 6) is 3.45. The lowest BCUT2D eigenvalue weighted by Gasteiger charge is -2.58. The highest BCUT2D eigenvalue weighted by atomic mass is 16.5. The molecule has 0 amide bonds. The Bertz CT molecular complexity index is 742. The van der Waals surface area contributed by atoms with Gasteiger partial charge in [-0.1, -0.05) is 32.4 Å². The number of allylic oxidation sites excluding steroid dienone is 1. The fourth-order valence-electron chi connectivity index (χ4n) is 8.59. The second-order valence-electron chi connectivity index (χ2n) is 11.6. The summed E-state index contributed by atoms with van der Waals surface area (Å²) in [5.41, 5.74) is 2.26. The molecule has 4 rings (SSSR count). The fourth-order valence-corrected chi connectivity index (χ4v) is 8.59. The average Bonchev–Trinajstić information content (AvgIpc) is 3.09. The number of hydrogen-bond acceptors (Lipinski definition) is 4. The van der Waals surface area contributed by atoms with Crippen molar-refractivity contribution in [3.05, 3.63) is 11.6 Å². The van der Waals surface area contributed by atoms with Gasteiger partial charge in [0.1, 0.15) is 6.10 Å². The summed E-state index contributed by atoms with van der Waals surface area (Å²) in [4.78, 5) is 23.1. The highest BCUT2D eigenvalue weighted by molar-refractivity contribution is 5.69. The maximum atomic E-state index is 11.7. The van der Waals surface area contributed by atoms with Crippen LogP contribution in [0.5, 0.6) is 0 Å². The summed E-state index contributed by atoms with van der Waals surface area (Å²) < 4.78 is 10.5. The Balaban J connectivity index is 1.48. The molecular weight excluding hydrogens is 388 g/mol. The standard InChI is InChI=1S/C27H42O4/c1-17(6-11-25(29)30-5)22-9-10-23-21-8-7-19-16-20(31-18(2)28)12-14-26(19,3)24(21)13-15-27(22,23)4/h7,17,20-24H,6,8-16H2,1-5H3/t17-,20+,21-,22+,23-,24-,26+,27-/m1/s1. The molecule has 0 bridgehead atoms. The van der Waals surface area contributed by atoms with Crippen molar-refractivity contribution < 1.29 is 19.1 Å². The van der Waals surface area contributed by atoms with Crippen molar-refractivity contribution >= 4 is 11.9 Å². The maximum absolute atomic E-state index is 11.7. The van der Waals surface area contributed by atoms with Gasteiger partial charge in [0.2, 0.25) is 0 Å². The van der Waals surface area contributed by atoms with Gasteiger partial charge >= 0.3 is 11.9 Å². The Kier molecular flexibility index (Phi) is 6.31. The minimum absolute atomic E-state index is 0.0718. The molecule has 31 heavy (non-hydrogen) atoms. The molecule has 174 valence electrons. The van der Waals surface area contributed by atoms with E-state index in [1.807, 2.05) is 0 Å². The van der Waals surface area contributed by atoms with Crippen LogP contribution in [0.15, 0.2) is 11.6 Å². The van der Waals surface area contributed by atoms with Gasteiger partial charge in [-0.2, -0.15) is 0 Å². The Hall–Kier alpha value is -1.32. The van der Waals surface area contributed by atoms with Gasteiger partial charge in [0.15, 0.2) is 0 Å². The van der Waals surface area contributed by atoms with Crippen LogP contribution < -0.4 is 0 Å². The molecule has 0 aromatic heterocycles. The molecule has 0 N–H and O–H groups in total. The topological polar surface area (TPSA) is 52.6 Å². The first kappa shape index (κ1) is 22.9. The first-order valence-electron chi connectivity index (χ1n) is 12.6. The van der Waals surface area contributed by atoms with Crippen molar-refractivity contribution in [2.24, 2.45) is 40.4 Å². The summed E-state index contributed by atoms with van der Waals surface area (Å²) in [6.07, 6.45) is 13.7. The van der Waals surface area contributed by atoms with E-state index < -0.39 is 0 Å². The van der Waals surface area contributed by atoms with Gasteiger partial charge < -0.3 is 9.47 Å². The van der Waals surface area contributed by atoms with Gasteiger partial charge in [0, 0.05) is 19.8 Å². The first-order valence-corrected chi connectivity index (χ1v) is 12.6. The van der Waals surface area contributed by atoms with Gasteiger partial charge in [-0.05, 0) is 91.8 Å². The molecule has 0 unspecified atom stereocenters. The van der Waals surface area contributed by atoms with E-state index in [9.17, 15) is 9.59 Å². The van der Waals surface area contributed by atoms with E-state index in [0.717, 1.165) is 49.4 Å². The van der Waals surface area contributed by atoms with Crippen LogP contribution in [0.2, 0.25) is 0 Å². The van der Waals surface area contributed by atoms with Crippen molar-refractivity contribution in [1.82, 2.24) is 0 Å². The van der Waals surface area contributed by atoms with E-state index in [4.69, 9.17) is 9.47 Å². The van der Waals surface area contributed by atoms with Gasteiger partial charge in [-0.15, -0.1) is 0 Å². The molecule has 4 aliphatic carbocycles. The monoisotopic (exact) mass is 430 g/mol. The largest absolute Gasteiger partial charge is 0.469 e. The molecule has 0 heterocycles. The van der Waals surface area contributed by atoms with Crippen LogP contribution in [0.1, 0.15) is 91.9 Å². The van der Waals surface area contributed by atoms with E-state index in [-0.39, 0.29) is 23.5 Å². The van der Waals surface area contributed by atoms with E-state index >= 15 is 0 Å². The SMILES string of the molecule is COC(=O)CC[C@@H](C)[C@@H]1CC[C@@H]2[C@H]3CC=C4C[C@@H](OC(C)=O)CC[C@]4(C)[C@@H]3CC[C@@]21C. The molecule has 3 saturated carbocycles. The number of methoxy groups -OCH3 is 1. The van der Waals surface area contributed by atoms with E-state index in [2.05, 4.69) is 26.8 Å². The molecule has 0 aromatic rings. The lowest BCUT2D eigenvalue weighted by atomic mass is 9.47. The highest BCUT2D eigenvalue weighted by Crippen LogP contribution is 2.67. The average molecular weight is 431 g/mol. The molecule has 8 atom stereocenters. The second-order valence-corrected chi connectivity index (χ2v) is 11.6. The van der Waals surface area contributed by atoms with Gasteiger partial charge in [-0.25, -0.2) is 0 Å². The van der Waals surface area contributed by atoms with Crippen LogP contribution in [-0.2, 0) is 19.1 Å². The molecule has 0 saturated heterocycles. The van der Waals surface area contributed by atoms with Gasteiger partial charge in [0.25, 0.3) is 0 Å². The minimum Gasteiger partial charge on any atom is -0.469 e. The summed E-state index contributed by atoms with van der Waals surface area (Å²) in [6.45, 7) is 8.97. The van der Waals surface area contributed by atoms with Gasteiger partial charge in [0.05, 0.1) is 7.11 Å². The molecule has 0 spiro atoms. The Morgan fingerprint density at radius 3 is 2.61 bits per heavy atom. The van der Waals surface area contributed by atoms with Crippen LogP contribution >= 0.6 is 0 Å². The Morgan fingerprint density at radius 2 is 1.90 bits per heavy atom. The number of carbonyl (C=O) groups excluding carboxylic acids is 2. The number of carbonyl (C=O) groups is 2. The molecule has 3 fully saturated rings. The van der Waals surface area contributed by atoms with Crippen LogP contribution in [0.4, 0.5) is 0 Å². The zero-order valence-corrected chi connectivity index (χ0v) is 20.2. The predicted octanol–water partition coefficient (Wildman–Crippen LogP) is 6.09. The zero-order valence-electron chi connectivity index (χ0n) is 20.2. The Labute approximate surface area is 188 Å². The number of rotatable bonds is 5. The number of fused-ring (bicyclic) bond motifs is 5. The molecular formula is C27H42O4. The van der Waals surface area contributed by atoms with E-state index in [1.54, 1.807) is 5.57 Å². The van der Waals surface area contributed by atoms with Crippen molar-refractivity contribution in [3.63, 3.8) is 0 Å². The van der Waals surface area contributed by atoms with Crippen molar-refractivity contribution in [3.8, 4) is 0 Å². The number of esters is 2. The molecule has 4 heteroatoms. The Morgan fingerprint density at radius 1 is 1.13 bits per heavy atom. The predicted molar refractivity (Wildman–Crippen MR) is 121 cm³/mol. The third-order valence-corrected chi connectivity index (χ3v) is 10.2. The summed E-state index contributed by atoms with van der Waals surface area (Å²) in [7, 11) is 1.49. The molecule has 0 aromatic carbocycles. The quantitative estimate of drug-likeness (QED) is 0.391. The lowest BCUT2D eigenvalue weighted by molar-refractivity contribution is -0.148. The van der Waals surface area contributed by atoms with Gasteiger partial charge in [-0.3, -0.25) is 9.59 Å². The van der Waals surface area contributed by atoms with Crippen molar-refractivity contribution in [2.75, 3.05) is 7.11 Å². The third kappa shape index (κ3) is 3.97. The second kappa shape index (κ2) is 8.56. The third-order valence-electron chi connectivity index (χ3n) is 10.2. The van der Waals surface area contributed by atoms with Crippen molar-refractivity contribution in [1.29, 1.82) is 0 Å². The molecule has 0 aliphatic heterocycles. The van der Waals surface area contributed by atoms with Crippen LogP contribution in [0.3, 0.4) is 0 Å². The number of hydrogen-bond donors (Lipinski definition) is 0. The molecule has 4 aliphatic rings. The maximum Gasteiger partial charge on any atom is 0.305 e. The minimum atomic E-state index is -0.144.